The Labute approximate surface area is 195 Å². The van der Waals surface area contributed by atoms with E-state index in [9.17, 15) is 5.11 Å². The van der Waals surface area contributed by atoms with Crippen LogP contribution in [0, 0.1) is 5.92 Å². The number of nitrogens with two attached hydrogens (primary N) is 1. The average Bonchev–Trinajstić information content (AvgIpc) is 2.73. The zero-order valence-corrected chi connectivity index (χ0v) is 19.5. The quantitative estimate of drug-likeness (QED) is 0.330. The lowest BCUT2D eigenvalue weighted by molar-refractivity contribution is 0.301. The molecule has 0 fully saturated rings. The van der Waals surface area contributed by atoms with Gasteiger partial charge in [-0.2, -0.15) is 5.10 Å². The molecular formula is C23H29ClN4O2S. The molecule has 2 unspecified atom stereocenters. The van der Waals surface area contributed by atoms with Crippen molar-refractivity contribution in [3.8, 4) is 5.75 Å². The second-order valence-electron chi connectivity index (χ2n) is 7.65. The van der Waals surface area contributed by atoms with Crippen LogP contribution in [-0.4, -0.2) is 48.1 Å². The van der Waals surface area contributed by atoms with Crippen molar-refractivity contribution < 1.29 is 9.84 Å². The maximum absolute atomic E-state index is 11.2. The fourth-order valence-corrected chi connectivity index (χ4v) is 3.90. The van der Waals surface area contributed by atoms with Gasteiger partial charge in [-0.1, -0.05) is 42.5 Å². The van der Waals surface area contributed by atoms with Gasteiger partial charge in [-0.05, 0) is 50.9 Å². The van der Waals surface area contributed by atoms with Gasteiger partial charge in [0.15, 0.2) is 5.11 Å². The van der Waals surface area contributed by atoms with Crippen LogP contribution >= 0.6 is 24.6 Å². The van der Waals surface area contributed by atoms with Gasteiger partial charge < -0.3 is 20.5 Å². The monoisotopic (exact) mass is 460 g/mol. The first-order valence-electron chi connectivity index (χ1n) is 9.82. The number of nitrogens with one attached hydrogen (secondary N) is 1. The first-order chi connectivity index (χ1) is 14.4. The van der Waals surface area contributed by atoms with E-state index in [4.69, 9.17) is 22.7 Å². The van der Waals surface area contributed by atoms with Gasteiger partial charge in [0.2, 0.25) is 0 Å². The molecule has 0 saturated heterocycles. The minimum Gasteiger partial charge on any atom is -0.507 e. The Morgan fingerprint density at radius 1 is 1.19 bits per heavy atom. The number of rotatable bonds is 7. The third-order valence-electron chi connectivity index (χ3n) is 5.21. The second kappa shape index (κ2) is 11.1. The third kappa shape index (κ3) is 5.97. The van der Waals surface area contributed by atoms with Crippen molar-refractivity contribution >= 4 is 41.2 Å². The number of aliphatic hydroxyl groups is 1. The number of halogens is 1. The Hall–Kier alpha value is -2.61. The second-order valence-corrected chi connectivity index (χ2v) is 8.08. The van der Waals surface area contributed by atoms with Crippen molar-refractivity contribution in [3.05, 3.63) is 71.3 Å². The Morgan fingerprint density at radius 2 is 1.84 bits per heavy atom. The van der Waals surface area contributed by atoms with E-state index in [2.05, 4.69) is 27.6 Å². The number of nitrogens with zero attached hydrogens (tertiary/aromatic N) is 2. The van der Waals surface area contributed by atoms with Crippen LogP contribution in [0.25, 0.3) is 5.76 Å². The SMILES string of the molecule is C/C(=N/NC(N)=S)C(CN(C)C)C(C1=C(O)c2ccccc2OC1)c1ccccc1.Cl. The Morgan fingerprint density at radius 3 is 2.48 bits per heavy atom. The van der Waals surface area contributed by atoms with Gasteiger partial charge in [-0.15, -0.1) is 12.4 Å². The number of aliphatic hydroxyl groups excluding tert-OH is 1. The summed E-state index contributed by atoms with van der Waals surface area (Å²) in [6.07, 6.45) is 0. The standard InChI is InChI=1S/C23H28N4O2S.ClH/c1-15(25-26-23(24)30)18(13-27(2)3)21(16-9-5-4-6-10-16)19-14-29-20-12-8-7-11-17(20)22(19)28;/h4-12,18,21,28H,13-14H2,1-3H3,(H3,24,26,30);1H/b25-15-;. The normalized spacial score (nSPS) is 15.4. The smallest absolute Gasteiger partial charge is 0.184 e. The van der Waals surface area contributed by atoms with Crippen LogP contribution in [-0.2, 0) is 0 Å². The molecule has 1 aliphatic heterocycles. The van der Waals surface area contributed by atoms with Gasteiger partial charge in [0, 0.05) is 29.7 Å². The average molecular weight is 461 g/mol. The van der Waals surface area contributed by atoms with E-state index >= 15 is 0 Å². The summed E-state index contributed by atoms with van der Waals surface area (Å²) in [7, 11) is 4.04. The van der Waals surface area contributed by atoms with Gasteiger partial charge >= 0.3 is 0 Å². The van der Waals surface area contributed by atoms with E-state index in [-0.39, 0.29) is 35.1 Å². The first kappa shape index (κ1) is 24.7. The van der Waals surface area contributed by atoms with Crippen molar-refractivity contribution in [2.45, 2.75) is 12.8 Å². The summed E-state index contributed by atoms with van der Waals surface area (Å²) < 4.78 is 6.01. The maximum atomic E-state index is 11.2. The Kier molecular flexibility index (Phi) is 8.86. The predicted molar refractivity (Wildman–Crippen MR) is 133 cm³/mol. The lowest BCUT2D eigenvalue weighted by Gasteiger charge is -2.34. The van der Waals surface area contributed by atoms with Gasteiger partial charge in [-0.25, -0.2) is 0 Å². The molecule has 1 aliphatic rings. The lowest BCUT2D eigenvalue weighted by Crippen LogP contribution is -2.36. The number of hydrazone groups is 1. The predicted octanol–water partition coefficient (Wildman–Crippen LogP) is 3.94. The van der Waals surface area contributed by atoms with E-state index in [1.807, 2.05) is 63.5 Å². The molecule has 6 nitrogen and oxygen atoms in total. The molecule has 31 heavy (non-hydrogen) atoms. The lowest BCUT2D eigenvalue weighted by atomic mass is 9.76. The number of benzene rings is 2. The highest BCUT2D eigenvalue weighted by Gasteiger charge is 2.34. The molecule has 3 rings (SSSR count). The highest BCUT2D eigenvalue weighted by molar-refractivity contribution is 7.80. The maximum Gasteiger partial charge on any atom is 0.184 e. The summed E-state index contributed by atoms with van der Waals surface area (Å²) in [6.45, 7) is 2.97. The van der Waals surface area contributed by atoms with Crippen molar-refractivity contribution in [3.63, 3.8) is 0 Å². The molecule has 0 bridgehead atoms. The summed E-state index contributed by atoms with van der Waals surface area (Å²) in [5, 5.41) is 15.8. The van der Waals surface area contributed by atoms with Crippen molar-refractivity contribution in [1.82, 2.24) is 10.3 Å². The fourth-order valence-electron chi connectivity index (χ4n) is 3.86. The van der Waals surface area contributed by atoms with Crippen LogP contribution in [0.4, 0.5) is 0 Å². The number of thiocarbonyl (C=S) groups is 1. The molecule has 1 heterocycles. The number of fused-ring (bicyclic) bond motifs is 1. The molecule has 0 aromatic heterocycles. The number of para-hydroxylation sites is 1. The Bertz CT molecular complexity index is 963. The number of ether oxygens (including phenoxy) is 1. The molecule has 166 valence electrons. The van der Waals surface area contributed by atoms with Gasteiger partial charge in [0.05, 0.1) is 5.56 Å². The molecule has 0 spiro atoms. The van der Waals surface area contributed by atoms with Crippen molar-refractivity contribution in [2.24, 2.45) is 16.8 Å². The van der Waals surface area contributed by atoms with E-state index in [1.165, 1.54) is 0 Å². The van der Waals surface area contributed by atoms with Crippen molar-refractivity contribution in [1.29, 1.82) is 0 Å². The molecule has 0 aliphatic carbocycles. The van der Waals surface area contributed by atoms with E-state index in [0.29, 0.717) is 24.5 Å². The van der Waals surface area contributed by atoms with Crippen LogP contribution in [0.2, 0.25) is 0 Å². The molecular weight excluding hydrogens is 432 g/mol. The molecule has 8 heteroatoms. The van der Waals surface area contributed by atoms with Crippen LogP contribution < -0.4 is 15.9 Å². The van der Waals surface area contributed by atoms with Gasteiger partial charge in [-0.3, -0.25) is 5.43 Å². The van der Waals surface area contributed by atoms with Gasteiger partial charge in [0.1, 0.15) is 18.1 Å². The molecule has 4 N–H and O–H groups in total. The molecule has 0 saturated carbocycles. The number of hydrogen-bond donors (Lipinski definition) is 3. The minimum absolute atomic E-state index is 0. The highest BCUT2D eigenvalue weighted by atomic mass is 35.5. The zero-order chi connectivity index (χ0) is 21.7. The van der Waals surface area contributed by atoms with Crippen LogP contribution in [0.5, 0.6) is 5.75 Å². The molecule has 2 atom stereocenters. The molecule has 0 amide bonds. The molecule has 2 aromatic rings. The van der Waals surface area contributed by atoms with E-state index in [0.717, 1.165) is 16.8 Å². The van der Waals surface area contributed by atoms with E-state index in [1.54, 1.807) is 0 Å². The van der Waals surface area contributed by atoms with Crippen LogP contribution in [0.15, 0.2) is 65.3 Å². The topological polar surface area (TPSA) is 83.1 Å². The van der Waals surface area contributed by atoms with E-state index < -0.39 is 0 Å². The summed E-state index contributed by atoms with van der Waals surface area (Å²) in [5.74, 6) is 0.772. The van der Waals surface area contributed by atoms with Crippen LogP contribution in [0.3, 0.4) is 0 Å². The fraction of sp³-hybridized carbons (Fsp3) is 0.304. The molecule has 0 radical (unpaired) electrons. The largest absolute Gasteiger partial charge is 0.507 e. The summed E-state index contributed by atoms with van der Waals surface area (Å²) in [5.41, 5.74) is 11.7. The summed E-state index contributed by atoms with van der Waals surface area (Å²) >= 11 is 4.91. The minimum atomic E-state index is -0.140. The third-order valence-corrected chi connectivity index (χ3v) is 5.30. The summed E-state index contributed by atoms with van der Waals surface area (Å²) in [4.78, 5) is 2.11. The zero-order valence-electron chi connectivity index (χ0n) is 17.9. The Balaban J connectivity index is 0.00000341. The highest BCUT2D eigenvalue weighted by Crippen LogP contribution is 2.41. The first-order valence-corrected chi connectivity index (χ1v) is 10.2. The van der Waals surface area contributed by atoms with Crippen LogP contribution in [0.1, 0.15) is 24.0 Å². The van der Waals surface area contributed by atoms with Gasteiger partial charge in [0.25, 0.3) is 0 Å². The van der Waals surface area contributed by atoms with Crippen molar-refractivity contribution in [2.75, 3.05) is 27.2 Å². The number of hydrogen-bond acceptors (Lipinski definition) is 5. The summed E-state index contributed by atoms with van der Waals surface area (Å²) in [6, 6.07) is 17.7. The molecule has 2 aromatic carbocycles.